The smallest absolute Gasteiger partial charge is 0.148 e. The van der Waals surface area contributed by atoms with E-state index in [4.69, 9.17) is 25.4 Å². The van der Waals surface area contributed by atoms with E-state index in [2.05, 4.69) is 4.98 Å². The van der Waals surface area contributed by atoms with Crippen LogP contribution in [0, 0.1) is 5.41 Å². The van der Waals surface area contributed by atoms with Crippen LogP contribution in [0.25, 0.3) is 0 Å². The highest BCUT2D eigenvalue weighted by atomic mass is 16.5. The first-order valence-corrected chi connectivity index (χ1v) is 5.24. The molecule has 1 aromatic rings. The standard InChI is InChI=1S/C11H17N3O3/c1-15-5-6-16-7-8-17-9-3-2-4-14-10(9)11(12)13/h2-4H,5-8H2,1H3,(H3,12,13). The number of amidine groups is 1. The molecule has 0 unspecified atom stereocenters. The molecule has 0 aliphatic rings. The van der Waals surface area contributed by atoms with Crippen molar-refractivity contribution in [2.75, 3.05) is 33.5 Å². The summed E-state index contributed by atoms with van der Waals surface area (Å²) < 4.78 is 15.5. The number of hydrogen-bond donors (Lipinski definition) is 2. The third-order valence-electron chi connectivity index (χ3n) is 1.94. The van der Waals surface area contributed by atoms with E-state index in [9.17, 15) is 0 Å². The van der Waals surface area contributed by atoms with Gasteiger partial charge in [-0.2, -0.15) is 0 Å². The molecule has 94 valence electrons. The van der Waals surface area contributed by atoms with E-state index in [-0.39, 0.29) is 5.84 Å². The van der Waals surface area contributed by atoms with Crippen molar-refractivity contribution in [3.8, 4) is 5.75 Å². The van der Waals surface area contributed by atoms with Gasteiger partial charge in [-0.15, -0.1) is 0 Å². The molecular formula is C11H17N3O3. The first-order valence-electron chi connectivity index (χ1n) is 5.24. The lowest BCUT2D eigenvalue weighted by Crippen LogP contribution is -2.16. The number of pyridine rings is 1. The normalized spacial score (nSPS) is 10.2. The Kier molecular flexibility index (Phi) is 5.98. The number of nitrogens with one attached hydrogen (secondary N) is 1. The van der Waals surface area contributed by atoms with Crippen molar-refractivity contribution < 1.29 is 14.2 Å². The first kappa shape index (κ1) is 13.4. The van der Waals surface area contributed by atoms with Gasteiger partial charge in [0.15, 0.2) is 0 Å². The molecule has 17 heavy (non-hydrogen) atoms. The summed E-state index contributed by atoms with van der Waals surface area (Å²) in [5.74, 6) is 0.385. The molecule has 6 heteroatoms. The minimum absolute atomic E-state index is 0.110. The van der Waals surface area contributed by atoms with Crippen LogP contribution in [0.1, 0.15) is 5.69 Å². The molecule has 0 saturated carbocycles. The molecule has 0 aromatic carbocycles. The van der Waals surface area contributed by atoms with Crippen LogP contribution in [0.15, 0.2) is 18.3 Å². The lowest BCUT2D eigenvalue weighted by Gasteiger charge is -2.09. The van der Waals surface area contributed by atoms with Gasteiger partial charge in [-0.3, -0.25) is 5.41 Å². The highest BCUT2D eigenvalue weighted by Gasteiger charge is 2.06. The molecule has 0 aliphatic heterocycles. The molecule has 3 N–H and O–H groups in total. The van der Waals surface area contributed by atoms with Gasteiger partial charge in [0.05, 0.1) is 19.8 Å². The number of aromatic nitrogens is 1. The zero-order valence-corrected chi connectivity index (χ0v) is 9.81. The molecule has 0 amide bonds. The summed E-state index contributed by atoms with van der Waals surface area (Å²) in [4.78, 5) is 3.97. The SMILES string of the molecule is COCCOCCOc1cccnc1C(=N)N. The van der Waals surface area contributed by atoms with Crippen molar-refractivity contribution in [1.82, 2.24) is 4.98 Å². The third-order valence-corrected chi connectivity index (χ3v) is 1.94. The second-order valence-corrected chi connectivity index (χ2v) is 3.22. The van der Waals surface area contributed by atoms with Gasteiger partial charge in [-0.05, 0) is 12.1 Å². The summed E-state index contributed by atoms with van der Waals surface area (Å²) in [6, 6.07) is 3.45. The van der Waals surface area contributed by atoms with Crippen molar-refractivity contribution in [1.29, 1.82) is 5.41 Å². The van der Waals surface area contributed by atoms with E-state index < -0.39 is 0 Å². The van der Waals surface area contributed by atoms with Crippen LogP contribution in [-0.4, -0.2) is 44.4 Å². The Hall–Kier alpha value is -1.66. The summed E-state index contributed by atoms with van der Waals surface area (Å²) >= 11 is 0. The number of nitrogens with two attached hydrogens (primary N) is 1. The van der Waals surface area contributed by atoms with Gasteiger partial charge in [0, 0.05) is 13.3 Å². The number of nitrogen functional groups attached to an aromatic ring is 1. The molecule has 6 nitrogen and oxygen atoms in total. The number of hydrogen-bond acceptors (Lipinski definition) is 5. The molecular weight excluding hydrogens is 222 g/mol. The van der Waals surface area contributed by atoms with Crippen molar-refractivity contribution in [2.45, 2.75) is 0 Å². The number of rotatable bonds is 8. The maximum atomic E-state index is 7.34. The summed E-state index contributed by atoms with van der Waals surface area (Å²) in [5.41, 5.74) is 5.73. The second-order valence-electron chi connectivity index (χ2n) is 3.22. The molecule has 0 bridgehead atoms. The molecule has 0 fully saturated rings. The van der Waals surface area contributed by atoms with Crippen molar-refractivity contribution >= 4 is 5.84 Å². The zero-order valence-electron chi connectivity index (χ0n) is 9.81. The zero-order chi connectivity index (χ0) is 12.5. The minimum Gasteiger partial charge on any atom is -0.489 e. The Morgan fingerprint density at radius 3 is 2.82 bits per heavy atom. The quantitative estimate of drug-likeness (QED) is 0.389. The number of ether oxygens (including phenoxy) is 3. The van der Waals surface area contributed by atoms with Gasteiger partial charge < -0.3 is 19.9 Å². The molecule has 0 saturated heterocycles. The monoisotopic (exact) mass is 239 g/mol. The van der Waals surface area contributed by atoms with Crippen LogP contribution < -0.4 is 10.5 Å². The van der Waals surface area contributed by atoms with Crippen LogP contribution >= 0.6 is 0 Å². The fraction of sp³-hybridized carbons (Fsp3) is 0.455. The third kappa shape index (κ3) is 4.80. The Bertz CT molecular complexity index is 358. The average Bonchev–Trinajstić information content (AvgIpc) is 2.34. The van der Waals surface area contributed by atoms with Crippen LogP contribution in [0.5, 0.6) is 5.75 Å². The summed E-state index contributed by atoms with van der Waals surface area (Å²) in [6.07, 6.45) is 1.57. The molecule has 0 radical (unpaired) electrons. The average molecular weight is 239 g/mol. The van der Waals surface area contributed by atoms with Crippen molar-refractivity contribution in [3.63, 3.8) is 0 Å². The highest BCUT2D eigenvalue weighted by molar-refractivity contribution is 5.95. The van der Waals surface area contributed by atoms with Crippen molar-refractivity contribution in [2.24, 2.45) is 5.73 Å². The van der Waals surface area contributed by atoms with Crippen LogP contribution in [0.2, 0.25) is 0 Å². The lowest BCUT2D eigenvalue weighted by molar-refractivity contribution is 0.0543. The van der Waals surface area contributed by atoms with E-state index in [0.717, 1.165) is 0 Å². The lowest BCUT2D eigenvalue weighted by atomic mass is 10.3. The van der Waals surface area contributed by atoms with Gasteiger partial charge in [0.1, 0.15) is 23.9 Å². The Balaban J connectivity index is 2.34. The summed E-state index contributed by atoms with van der Waals surface area (Å²) in [7, 11) is 1.62. The van der Waals surface area contributed by atoms with Crippen molar-refractivity contribution in [3.05, 3.63) is 24.0 Å². The van der Waals surface area contributed by atoms with E-state index in [1.54, 1.807) is 25.4 Å². The molecule has 1 heterocycles. The first-order chi connectivity index (χ1) is 8.25. The minimum atomic E-state index is -0.110. The van der Waals surface area contributed by atoms with E-state index in [0.29, 0.717) is 37.9 Å². The van der Waals surface area contributed by atoms with Gasteiger partial charge in [-0.1, -0.05) is 0 Å². The van der Waals surface area contributed by atoms with E-state index >= 15 is 0 Å². The predicted molar refractivity (Wildman–Crippen MR) is 63.4 cm³/mol. The summed E-state index contributed by atoms with van der Waals surface area (Å²) in [6.45, 7) is 1.93. The maximum absolute atomic E-state index is 7.34. The Labute approximate surface area is 100 Å². The predicted octanol–water partition coefficient (Wildman–Crippen LogP) is 0.407. The topological polar surface area (TPSA) is 90.5 Å². The molecule has 0 spiro atoms. The van der Waals surface area contributed by atoms with Gasteiger partial charge in [-0.25, -0.2) is 4.98 Å². The van der Waals surface area contributed by atoms with Crippen LogP contribution in [0.3, 0.4) is 0 Å². The fourth-order valence-electron chi connectivity index (χ4n) is 1.16. The van der Waals surface area contributed by atoms with Crippen LogP contribution in [0.4, 0.5) is 0 Å². The number of methoxy groups -OCH3 is 1. The largest absolute Gasteiger partial charge is 0.489 e. The van der Waals surface area contributed by atoms with Crippen LogP contribution in [-0.2, 0) is 9.47 Å². The summed E-state index contributed by atoms with van der Waals surface area (Å²) in [5, 5.41) is 7.34. The number of nitrogens with zero attached hydrogens (tertiary/aromatic N) is 1. The molecule has 0 atom stereocenters. The van der Waals surface area contributed by atoms with Gasteiger partial charge in [0.25, 0.3) is 0 Å². The second kappa shape index (κ2) is 7.59. The molecule has 1 rings (SSSR count). The molecule has 1 aromatic heterocycles. The fourth-order valence-corrected chi connectivity index (χ4v) is 1.16. The van der Waals surface area contributed by atoms with E-state index in [1.807, 2.05) is 0 Å². The Morgan fingerprint density at radius 1 is 1.35 bits per heavy atom. The Morgan fingerprint density at radius 2 is 2.12 bits per heavy atom. The maximum Gasteiger partial charge on any atom is 0.148 e. The molecule has 0 aliphatic carbocycles. The van der Waals surface area contributed by atoms with E-state index in [1.165, 1.54) is 0 Å². The van der Waals surface area contributed by atoms with Gasteiger partial charge >= 0.3 is 0 Å². The highest BCUT2D eigenvalue weighted by Crippen LogP contribution is 2.13. The van der Waals surface area contributed by atoms with Gasteiger partial charge in [0.2, 0.25) is 0 Å².